The number of carbonyl (C=O) groups excluding carboxylic acids is 2. The highest BCUT2D eigenvalue weighted by Crippen LogP contribution is 2.19. The van der Waals surface area contributed by atoms with Gasteiger partial charge in [0.25, 0.3) is 0 Å². The van der Waals surface area contributed by atoms with Crippen molar-refractivity contribution in [3.63, 3.8) is 0 Å². The van der Waals surface area contributed by atoms with Crippen molar-refractivity contribution < 1.29 is 14.3 Å². The van der Waals surface area contributed by atoms with Crippen LogP contribution in [0.3, 0.4) is 0 Å². The van der Waals surface area contributed by atoms with Crippen LogP contribution in [0.5, 0.6) is 0 Å². The van der Waals surface area contributed by atoms with Crippen molar-refractivity contribution in [1.29, 1.82) is 0 Å². The summed E-state index contributed by atoms with van der Waals surface area (Å²) in [6.07, 6.45) is 18.7. The Morgan fingerprint density at radius 3 is 2.47 bits per heavy atom. The van der Waals surface area contributed by atoms with Crippen LogP contribution in [0.4, 0.5) is 0 Å². The lowest BCUT2D eigenvalue weighted by Gasteiger charge is -1.97. The van der Waals surface area contributed by atoms with Crippen molar-refractivity contribution in [2.75, 3.05) is 0 Å². The second-order valence-electron chi connectivity index (χ2n) is 4.07. The van der Waals surface area contributed by atoms with E-state index in [9.17, 15) is 9.59 Å². The molecular formula is C16H18O3. The zero-order chi connectivity index (χ0) is 13.9. The first-order valence-corrected chi connectivity index (χ1v) is 6.24. The minimum Gasteiger partial charge on any atom is -0.393 e. The number of esters is 2. The Bertz CT molecular complexity index is 439. The van der Waals surface area contributed by atoms with Gasteiger partial charge in [0.1, 0.15) is 0 Å². The van der Waals surface area contributed by atoms with Crippen LogP contribution in [0.15, 0.2) is 61.3 Å². The number of hydrogen-bond acceptors (Lipinski definition) is 3. The van der Waals surface area contributed by atoms with Crippen LogP contribution in [0.25, 0.3) is 0 Å². The van der Waals surface area contributed by atoms with Crippen LogP contribution in [0, 0.1) is 5.92 Å². The molecule has 19 heavy (non-hydrogen) atoms. The molecule has 1 rings (SSSR count). The molecule has 1 atom stereocenters. The van der Waals surface area contributed by atoms with Crippen molar-refractivity contribution in [1.82, 2.24) is 0 Å². The van der Waals surface area contributed by atoms with Crippen LogP contribution in [0.2, 0.25) is 0 Å². The van der Waals surface area contributed by atoms with Gasteiger partial charge >= 0.3 is 11.9 Å². The minimum absolute atomic E-state index is 0.206. The minimum atomic E-state index is -0.416. The summed E-state index contributed by atoms with van der Waals surface area (Å²) in [5, 5.41) is 0. The number of allylic oxidation sites excluding steroid dienone is 9. The molecule has 1 unspecified atom stereocenters. The fourth-order valence-corrected chi connectivity index (χ4v) is 1.56. The third-order valence-electron chi connectivity index (χ3n) is 2.54. The Balaban J connectivity index is 2.17. The van der Waals surface area contributed by atoms with Gasteiger partial charge in [-0.15, -0.1) is 0 Å². The molecule has 0 aromatic rings. The van der Waals surface area contributed by atoms with Gasteiger partial charge < -0.3 is 4.74 Å². The first kappa shape index (κ1) is 14.9. The smallest absolute Gasteiger partial charge is 0.317 e. The third-order valence-corrected chi connectivity index (χ3v) is 2.54. The largest absolute Gasteiger partial charge is 0.393 e. The standard InChI is InChI=1S/C16H18O3/c1-2-3-4-5-6-7-8-9-10-11-12-14-13-15(17)19-16(14)18/h2-8,10-11,14H,1,9,12-13H2. The van der Waals surface area contributed by atoms with Crippen molar-refractivity contribution in [2.45, 2.75) is 19.3 Å². The predicted octanol–water partition coefficient (Wildman–Crippen LogP) is 3.27. The average Bonchev–Trinajstić information content (AvgIpc) is 2.70. The van der Waals surface area contributed by atoms with Crippen molar-refractivity contribution in [3.8, 4) is 0 Å². The fourth-order valence-electron chi connectivity index (χ4n) is 1.56. The van der Waals surface area contributed by atoms with E-state index in [0.717, 1.165) is 6.42 Å². The molecule has 0 radical (unpaired) electrons. The molecule has 1 aliphatic heterocycles. The van der Waals surface area contributed by atoms with E-state index >= 15 is 0 Å². The maximum absolute atomic E-state index is 11.2. The molecule has 0 amide bonds. The Morgan fingerprint density at radius 1 is 1.05 bits per heavy atom. The molecule has 0 saturated carbocycles. The summed E-state index contributed by atoms with van der Waals surface area (Å²) >= 11 is 0. The van der Waals surface area contributed by atoms with Crippen molar-refractivity contribution in [3.05, 3.63) is 61.3 Å². The van der Waals surface area contributed by atoms with Crippen LogP contribution < -0.4 is 0 Å². The second kappa shape index (κ2) is 8.86. The molecule has 1 heterocycles. The van der Waals surface area contributed by atoms with Crippen LogP contribution in [0.1, 0.15) is 19.3 Å². The molecule has 100 valence electrons. The lowest BCUT2D eigenvalue weighted by molar-refractivity contribution is -0.153. The van der Waals surface area contributed by atoms with Crippen LogP contribution in [-0.4, -0.2) is 11.9 Å². The normalized spacial score (nSPS) is 20.3. The highest BCUT2D eigenvalue weighted by Gasteiger charge is 2.31. The maximum atomic E-state index is 11.2. The number of carbonyl (C=O) groups is 2. The monoisotopic (exact) mass is 258 g/mol. The molecule has 1 saturated heterocycles. The average molecular weight is 258 g/mol. The molecule has 0 spiro atoms. The number of cyclic esters (lactones) is 2. The molecule has 0 N–H and O–H groups in total. The van der Waals surface area contributed by atoms with Gasteiger partial charge in [0.15, 0.2) is 0 Å². The number of ether oxygens (including phenoxy) is 1. The van der Waals surface area contributed by atoms with Gasteiger partial charge in [-0.05, 0) is 12.8 Å². The zero-order valence-electron chi connectivity index (χ0n) is 10.8. The van der Waals surface area contributed by atoms with Gasteiger partial charge in [0.05, 0.1) is 12.3 Å². The quantitative estimate of drug-likeness (QED) is 0.305. The fraction of sp³-hybridized carbons (Fsp3) is 0.250. The van der Waals surface area contributed by atoms with Gasteiger partial charge in [0.2, 0.25) is 0 Å². The van der Waals surface area contributed by atoms with Crippen LogP contribution in [-0.2, 0) is 14.3 Å². The summed E-state index contributed by atoms with van der Waals surface area (Å²) < 4.78 is 4.47. The van der Waals surface area contributed by atoms with Crippen molar-refractivity contribution in [2.24, 2.45) is 5.92 Å². The number of rotatable bonds is 7. The van der Waals surface area contributed by atoms with E-state index in [-0.39, 0.29) is 12.3 Å². The van der Waals surface area contributed by atoms with Gasteiger partial charge in [-0.3, -0.25) is 9.59 Å². The molecule has 0 aromatic heterocycles. The molecule has 3 nitrogen and oxygen atoms in total. The van der Waals surface area contributed by atoms with Crippen molar-refractivity contribution >= 4 is 11.9 Å². The summed E-state index contributed by atoms with van der Waals surface area (Å²) in [6, 6.07) is 0. The van der Waals surface area contributed by atoms with Gasteiger partial charge in [0, 0.05) is 0 Å². The second-order valence-corrected chi connectivity index (χ2v) is 4.07. The maximum Gasteiger partial charge on any atom is 0.317 e. The summed E-state index contributed by atoms with van der Waals surface area (Å²) in [4.78, 5) is 22.0. The van der Waals surface area contributed by atoms with E-state index in [4.69, 9.17) is 0 Å². The van der Waals surface area contributed by atoms with E-state index in [1.807, 2.05) is 48.6 Å². The molecular weight excluding hydrogens is 240 g/mol. The highest BCUT2D eigenvalue weighted by molar-refractivity contribution is 5.94. The summed E-state index contributed by atoms with van der Waals surface area (Å²) in [6.45, 7) is 3.57. The Kier molecular flexibility index (Phi) is 6.95. The third kappa shape index (κ3) is 6.36. The SMILES string of the molecule is C=CC=CC=CC=CCC=CCC1CC(=O)OC1=O. The predicted molar refractivity (Wildman–Crippen MR) is 75.2 cm³/mol. The summed E-state index contributed by atoms with van der Waals surface area (Å²) in [5.74, 6) is -1.11. The Labute approximate surface area is 113 Å². The Hall–Kier alpha value is -2.16. The summed E-state index contributed by atoms with van der Waals surface area (Å²) in [5.41, 5.74) is 0. The van der Waals surface area contributed by atoms with Gasteiger partial charge in [-0.2, -0.15) is 0 Å². The van der Waals surface area contributed by atoms with Crippen LogP contribution >= 0.6 is 0 Å². The molecule has 1 aliphatic rings. The lowest BCUT2D eigenvalue weighted by Crippen LogP contribution is -2.05. The van der Waals surface area contributed by atoms with E-state index in [0.29, 0.717) is 6.42 Å². The van der Waals surface area contributed by atoms with E-state index in [1.54, 1.807) is 6.08 Å². The first-order valence-electron chi connectivity index (χ1n) is 6.24. The molecule has 1 fully saturated rings. The van der Waals surface area contributed by atoms with Gasteiger partial charge in [-0.25, -0.2) is 0 Å². The zero-order valence-corrected chi connectivity index (χ0v) is 10.8. The van der Waals surface area contributed by atoms with E-state index < -0.39 is 11.9 Å². The van der Waals surface area contributed by atoms with E-state index in [1.165, 1.54) is 0 Å². The topological polar surface area (TPSA) is 43.4 Å². The number of hydrogen-bond donors (Lipinski definition) is 0. The van der Waals surface area contributed by atoms with E-state index in [2.05, 4.69) is 11.3 Å². The summed E-state index contributed by atoms with van der Waals surface area (Å²) in [7, 11) is 0. The Morgan fingerprint density at radius 2 is 1.79 bits per heavy atom. The van der Waals surface area contributed by atoms with Gasteiger partial charge in [-0.1, -0.05) is 61.3 Å². The highest BCUT2D eigenvalue weighted by atomic mass is 16.6. The first-order chi connectivity index (χ1) is 9.24. The molecule has 0 aliphatic carbocycles. The molecule has 0 bridgehead atoms. The molecule has 0 aromatic carbocycles. The molecule has 3 heteroatoms. The lowest BCUT2D eigenvalue weighted by atomic mass is 10.0.